The number of ketones is 1. The molecular formula is C25H23NO4S. The summed E-state index contributed by atoms with van der Waals surface area (Å²) in [5.74, 6) is 2.60. The van der Waals surface area contributed by atoms with Crippen molar-refractivity contribution in [3.63, 3.8) is 0 Å². The number of allylic oxidation sites excluding steroid dienone is 1. The van der Waals surface area contributed by atoms with Crippen LogP contribution in [0.1, 0.15) is 31.9 Å². The smallest absolute Gasteiger partial charge is 0.232 e. The van der Waals surface area contributed by atoms with Crippen molar-refractivity contribution in [2.75, 3.05) is 20.4 Å². The number of hydrogen-bond donors (Lipinski definition) is 0. The summed E-state index contributed by atoms with van der Waals surface area (Å²) in [6.07, 6.45) is 2.75. The van der Waals surface area contributed by atoms with Crippen molar-refractivity contribution in [3.05, 3.63) is 80.7 Å². The van der Waals surface area contributed by atoms with Crippen LogP contribution in [0.15, 0.2) is 53.6 Å². The van der Waals surface area contributed by atoms with Crippen LogP contribution in [-0.4, -0.2) is 31.1 Å². The fourth-order valence-corrected chi connectivity index (χ4v) is 4.73. The summed E-state index contributed by atoms with van der Waals surface area (Å²) in [5, 5.41) is 2.02. The maximum absolute atomic E-state index is 12.9. The number of hydrogen-bond acceptors (Lipinski definition) is 6. The molecule has 5 nitrogen and oxygen atoms in total. The molecule has 0 aliphatic carbocycles. The van der Waals surface area contributed by atoms with Crippen molar-refractivity contribution >= 4 is 23.2 Å². The number of benzene rings is 2. The first-order valence-electron chi connectivity index (χ1n) is 10.2. The third kappa shape index (κ3) is 3.84. The van der Waals surface area contributed by atoms with Crippen molar-refractivity contribution in [3.8, 4) is 17.2 Å². The first-order chi connectivity index (χ1) is 15.1. The molecule has 2 aliphatic rings. The SMILES string of the molecule is COc1ccc(CCN2COc3ccc4c(c3C2)O/C(=C\c2sccc2C)C4=O)cc1. The second kappa shape index (κ2) is 8.21. The molecule has 0 N–H and O–H groups in total. The summed E-state index contributed by atoms with van der Waals surface area (Å²) in [6, 6.07) is 13.9. The molecule has 2 aromatic carbocycles. The lowest BCUT2D eigenvalue weighted by Gasteiger charge is -2.29. The van der Waals surface area contributed by atoms with Crippen LogP contribution in [0.25, 0.3) is 6.08 Å². The number of ether oxygens (including phenoxy) is 3. The van der Waals surface area contributed by atoms with Crippen molar-refractivity contribution < 1.29 is 19.0 Å². The minimum absolute atomic E-state index is 0.0686. The highest BCUT2D eigenvalue weighted by Crippen LogP contribution is 2.42. The Morgan fingerprint density at radius 2 is 2.00 bits per heavy atom. The first-order valence-corrected chi connectivity index (χ1v) is 11.1. The number of carbonyl (C=O) groups excluding carboxylic acids is 1. The van der Waals surface area contributed by atoms with E-state index in [-0.39, 0.29) is 5.78 Å². The molecule has 0 fully saturated rings. The molecule has 0 saturated heterocycles. The van der Waals surface area contributed by atoms with Gasteiger partial charge in [0.05, 0.1) is 18.2 Å². The second-order valence-electron chi connectivity index (χ2n) is 7.75. The lowest BCUT2D eigenvalue weighted by atomic mass is 10.0. The van der Waals surface area contributed by atoms with Gasteiger partial charge in [0.25, 0.3) is 0 Å². The molecule has 2 aliphatic heterocycles. The maximum Gasteiger partial charge on any atom is 0.232 e. The normalized spacial score (nSPS) is 16.6. The van der Waals surface area contributed by atoms with E-state index < -0.39 is 0 Å². The van der Waals surface area contributed by atoms with Crippen LogP contribution < -0.4 is 14.2 Å². The van der Waals surface area contributed by atoms with Crippen molar-refractivity contribution in [1.82, 2.24) is 4.90 Å². The summed E-state index contributed by atoms with van der Waals surface area (Å²) in [4.78, 5) is 16.2. The molecule has 6 heteroatoms. The topological polar surface area (TPSA) is 48.0 Å². The van der Waals surface area contributed by atoms with E-state index in [1.54, 1.807) is 18.4 Å². The van der Waals surface area contributed by atoms with Gasteiger partial charge in [-0.05, 0) is 60.2 Å². The molecular weight excluding hydrogens is 410 g/mol. The van der Waals surface area contributed by atoms with Gasteiger partial charge in [0, 0.05) is 24.0 Å². The summed E-state index contributed by atoms with van der Waals surface area (Å²) in [5.41, 5.74) is 3.94. The molecule has 5 rings (SSSR count). The zero-order valence-electron chi connectivity index (χ0n) is 17.5. The maximum atomic E-state index is 12.9. The van der Waals surface area contributed by atoms with E-state index in [0.717, 1.165) is 40.5 Å². The molecule has 0 unspecified atom stereocenters. The predicted molar refractivity (Wildman–Crippen MR) is 121 cm³/mol. The number of carbonyl (C=O) groups is 1. The standard InChI is InChI=1S/C25H23NO4S/c1-16-10-12-31-23(16)13-22-24(27)19-7-8-21-20(25(19)30-22)14-26(15-29-21)11-9-17-3-5-18(28-2)6-4-17/h3-8,10,12-13H,9,11,14-15H2,1-2H3/b22-13-. The number of thiophene rings is 1. The van der Waals surface area contributed by atoms with Gasteiger partial charge in [0.1, 0.15) is 24.0 Å². The van der Waals surface area contributed by atoms with Gasteiger partial charge >= 0.3 is 0 Å². The number of methoxy groups -OCH3 is 1. The van der Waals surface area contributed by atoms with Gasteiger partial charge in [0.15, 0.2) is 5.76 Å². The van der Waals surface area contributed by atoms with E-state index in [2.05, 4.69) is 17.0 Å². The zero-order valence-corrected chi connectivity index (χ0v) is 18.3. The highest BCUT2D eigenvalue weighted by atomic mass is 32.1. The van der Waals surface area contributed by atoms with Gasteiger partial charge in [-0.3, -0.25) is 9.69 Å². The van der Waals surface area contributed by atoms with Crippen molar-refractivity contribution in [2.24, 2.45) is 0 Å². The monoisotopic (exact) mass is 433 g/mol. The number of fused-ring (bicyclic) bond motifs is 3. The predicted octanol–water partition coefficient (Wildman–Crippen LogP) is 5.08. The first kappa shape index (κ1) is 19.8. The van der Waals surface area contributed by atoms with Gasteiger partial charge in [-0.1, -0.05) is 12.1 Å². The number of nitrogens with zero attached hydrogens (tertiary/aromatic N) is 1. The van der Waals surface area contributed by atoms with Crippen LogP contribution in [-0.2, 0) is 13.0 Å². The largest absolute Gasteiger partial charge is 0.497 e. The molecule has 31 heavy (non-hydrogen) atoms. The Bertz CT molecular complexity index is 1160. The third-order valence-corrected chi connectivity index (χ3v) is 6.69. The average Bonchev–Trinajstić information content (AvgIpc) is 3.35. The number of Topliss-reactive ketones (excluding diaryl/α,β-unsaturated/α-hetero) is 1. The Morgan fingerprint density at radius 3 is 2.74 bits per heavy atom. The summed E-state index contributed by atoms with van der Waals surface area (Å²) < 4.78 is 17.3. The van der Waals surface area contributed by atoms with E-state index in [4.69, 9.17) is 14.2 Å². The van der Waals surface area contributed by atoms with Crippen LogP contribution in [0.4, 0.5) is 0 Å². The summed E-state index contributed by atoms with van der Waals surface area (Å²) >= 11 is 1.60. The molecule has 0 bridgehead atoms. The van der Waals surface area contributed by atoms with Crippen LogP contribution in [0.2, 0.25) is 0 Å². The number of aryl methyl sites for hydroxylation is 1. The molecule has 0 amide bonds. The highest BCUT2D eigenvalue weighted by molar-refractivity contribution is 7.11. The molecule has 1 aromatic heterocycles. The summed E-state index contributed by atoms with van der Waals surface area (Å²) in [6.45, 7) is 4.09. The highest BCUT2D eigenvalue weighted by Gasteiger charge is 2.33. The Labute approximate surface area is 185 Å². The molecule has 0 atom stereocenters. The molecule has 0 radical (unpaired) electrons. The lowest BCUT2D eigenvalue weighted by Crippen LogP contribution is -2.33. The van der Waals surface area contributed by atoms with Gasteiger partial charge in [-0.25, -0.2) is 0 Å². The number of rotatable bonds is 5. The fourth-order valence-electron chi connectivity index (χ4n) is 3.88. The fraction of sp³-hybridized carbons (Fsp3) is 0.240. The van der Waals surface area contributed by atoms with Crippen molar-refractivity contribution in [2.45, 2.75) is 19.9 Å². The minimum Gasteiger partial charge on any atom is -0.497 e. The van der Waals surface area contributed by atoms with Crippen LogP contribution in [0, 0.1) is 6.92 Å². The van der Waals surface area contributed by atoms with Crippen molar-refractivity contribution in [1.29, 1.82) is 0 Å². The Kier molecular flexibility index (Phi) is 5.26. The van der Waals surface area contributed by atoms with E-state index in [9.17, 15) is 4.79 Å². The Morgan fingerprint density at radius 1 is 1.16 bits per heavy atom. The molecule has 0 saturated carbocycles. The van der Waals surface area contributed by atoms with E-state index >= 15 is 0 Å². The van der Waals surface area contributed by atoms with Gasteiger partial charge in [-0.2, -0.15) is 0 Å². The molecule has 3 heterocycles. The van der Waals surface area contributed by atoms with E-state index in [1.807, 2.05) is 48.7 Å². The molecule has 158 valence electrons. The Hall–Kier alpha value is -3.09. The average molecular weight is 434 g/mol. The van der Waals surface area contributed by atoms with Crippen LogP contribution >= 0.6 is 11.3 Å². The molecule has 3 aromatic rings. The third-order valence-electron chi connectivity index (χ3n) is 5.72. The van der Waals surface area contributed by atoms with E-state index in [1.165, 1.54) is 5.56 Å². The second-order valence-corrected chi connectivity index (χ2v) is 8.70. The van der Waals surface area contributed by atoms with Gasteiger partial charge in [-0.15, -0.1) is 11.3 Å². The Balaban J connectivity index is 1.33. The van der Waals surface area contributed by atoms with E-state index in [0.29, 0.717) is 30.3 Å². The van der Waals surface area contributed by atoms with Crippen LogP contribution in [0.5, 0.6) is 17.2 Å². The zero-order chi connectivity index (χ0) is 21.4. The van der Waals surface area contributed by atoms with Crippen LogP contribution in [0.3, 0.4) is 0 Å². The molecule has 0 spiro atoms. The summed E-state index contributed by atoms with van der Waals surface area (Å²) in [7, 11) is 1.67. The van der Waals surface area contributed by atoms with Gasteiger partial charge in [0.2, 0.25) is 5.78 Å². The quantitative estimate of drug-likeness (QED) is 0.526. The van der Waals surface area contributed by atoms with Gasteiger partial charge < -0.3 is 14.2 Å². The minimum atomic E-state index is -0.0686. The lowest BCUT2D eigenvalue weighted by molar-refractivity contribution is 0.0949.